The second-order valence-corrected chi connectivity index (χ2v) is 6.52. The van der Waals surface area contributed by atoms with E-state index in [0.29, 0.717) is 0 Å². The van der Waals surface area contributed by atoms with Crippen LogP contribution in [0.3, 0.4) is 0 Å². The lowest BCUT2D eigenvalue weighted by Gasteiger charge is -2.28. The van der Waals surface area contributed by atoms with E-state index in [-0.39, 0.29) is 17.6 Å². The van der Waals surface area contributed by atoms with E-state index in [2.05, 4.69) is 10.6 Å². The third-order valence-corrected chi connectivity index (χ3v) is 4.25. The van der Waals surface area contributed by atoms with Crippen molar-refractivity contribution in [1.29, 1.82) is 0 Å². The average Bonchev–Trinajstić information content (AvgIpc) is 2.51. The molecule has 0 spiro atoms. The van der Waals surface area contributed by atoms with Gasteiger partial charge in [-0.25, -0.2) is 8.78 Å². The zero-order chi connectivity index (χ0) is 17.0. The SMILES string of the molecule is CC(C)(C(=O)Nc1ccc(F)c(F)c1)C(=O)NC1CCCCC1. The van der Waals surface area contributed by atoms with E-state index >= 15 is 0 Å². The van der Waals surface area contributed by atoms with Gasteiger partial charge in [0, 0.05) is 17.8 Å². The van der Waals surface area contributed by atoms with Gasteiger partial charge in [0.2, 0.25) is 11.8 Å². The van der Waals surface area contributed by atoms with E-state index in [1.807, 2.05) is 0 Å². The van der Waals surface area contributed by atoms with Crippen LogP contribution in [-0.2, 0) is 9.59 Å². The summed E-state index contributed by atoms with van der Waals surface area (Å²) in [5.41, 5.74) is -1.19. The maximum Gasteiger partial charge on any atom is 0.239 e. The third-order valence-electron chi connectivity index (χ3n) is 4.25. The van der Waals surface area contributed by atoms with Crippen LogP contribution in [-0.4, -0.2) is 17.9 Å². The van der Waals surface area contributed by atoms with Gasteiger partial charge in [-0.05, 0) is 38.8 Å². The van der Waals surface area contributed by atoms with Gasteiger partial charge in [-0.1, -0.05) is 19.3 Å². The zero-order valence-electron chi connectivity index (χ0n) is 13.4. The van der Waals surface area contributed by atoms with Crippen LogP contribution in [0.1, 0.15) is 46.0 Å². The minimum absolute atomic E-state index is 0.103. The Morgan fingerprint density at radius 3 is 2.30 bits per heavy atom. The number of nitrogens with one attached hydrogen (secondary N) is 2. The lowest BCUT2D eigenvalue weighted by Crippen LogP contribution is -2.49. The molecule has 1 aromatic rings. The first kappa shape index (κ1) is 17.4. The van der Waals surface area contributed by atoms with Gasteiger partial charge in [0.25, 0.3) is 0 Å². The number of carbonyl (C=O) groups is 2. The Labute approximate surface area is 134 Å². The molecule has 2 N–H and O–H groups in total. The number of halogens is 2. The van der Waals surface area contributed by atoms with Crippen LogP contribution in [0.5, 0.6) is 0 Å². The van der Waals surface area contributed by atoms with E-state index in [9.17, 15) is 18.4 Å². The van der Waals surface area contributed by atoms with Crippen molar-refractivity contribution in [2.75, 3.05) is 5.32 Å². The summed E-state index contributed by atoms with van der Waals surface area (Å²) in [4.78, 5) is 24.7. The summed E-state index contributed by atoms with van der Waals surface area (Å²) in [5.74, 6) is -2.95. The van der Waals surface area contributed by atoms with Crippen LogP contribution in [0.4, 0.5) is 14.5 Å². The Hall–Kier alpha value is -1.98. The van der Waals surface area contributed by atoms with E-state index in [4.69, 9.17) is 0 Å². The van der Waals surface area contributed by atoms with E-state index in [0.717, 1.165) is 37.8 Å². The first-order chi connectivity index (χ1) is 10.8. The van der Waals surface area contributed by atoms with Gasteiger partial charge in [-0.3, -0.25) is 9.59 Å². The maximum atomic E-state index is 13.2. The molecule has 1 aliphatic rings. The number of hydrogen-bond donors (Lipinski definition) is 2. The first-order valence-corrected chi connectivity index (χ1v) is 7.88. The molecule has 0 heterocycles. The number of anilines is 1. The quantitative estimate of drug-likeness (QED) is 0.834. The molecule has 1 aliphatic carbocycles. The number of rotatable bonds is 4. The summed E-state index contributed by atoms with van der Waals surface area (Å²) < 4.78 is 26.1. The van der Waals surface area contributed by atoms with Crippen molar-refractivity contribution in [1.82, 2.24) is 5.32 Å². The Bertz CT molecular complexity index is 596. The molecule has 1 saturated carbocycles. The molecule has 0 atom stereocenters. The molecule has 2 amide bonds. The van der Waals surface area contributed by atoms with Crippen LogP contribution in [0.2, 0.25) is 0 Å². The predicted octanol–water partition coefficient (Wildman–Crippen LogP) is 3.38. The first-order valence-electron chi connectivity index (χ1n) is 7.88. The van der Waals surface area contributed by atoms with Gasteiger partial charge in [0.15, 0.2) is 11.6 Å². The second kappa shape index (κ2) is 7.06. The molecule has 126 valence electrons. The smallest absolute Gasteiger partial charge is 0.239 e. The van der Waals surface area contributed by atoms with Crippen molar-refractivity contribution in [3.8, 4) is 0 Å². The fourth-order valence-electron chi connectivity index (χ4n) is 2.58. The summed E-state index contributed by atoms with van der Waals surface area (Å²) in [6.07, 6.45) is 5.17. The number of carbonyl (C=O) groups excluding carboxylic acids is 2. The summed E-state index contributed by atoms with van der Waals surface area (Å²) >= 11 is 0. The van der Waals surface area contributed by atoms with Crippen LogP contribution < -0.4 is 10.6 Å². The van der Waals surface area contributed by atoms with Crippen molar-refractivity contribution in [2.24, 2.45) is 5.41 Å². The van der Waals surface area contributed by atoms with Gasteiger partial charge >= 0.3 is 0 Å². The van der Waals surface area contributed by atoms with Crippen molar-refractivity contribution in [2.45, 2.75) is 52.0 Å². The number of amides is 2. The Morgan fingerprint density at radius 2 is 1.70 bits per heavy atom. The Balaban J connectivity index is 2.00. The highest BCUT2D eigenvalue weighted by atomic mass is 19.2. The number of benzene rings is 1. The molecule has 0 radical (unpaired) electrons. The molecule has 2 rings (SSSR count). The largest absolute Gasteiger partial charge is 0.352 e. The van der Waals surface area contributed by atoms with Gasteiger partial charge in [-0.2, -0.15) is 0 Å². The molecular formula is C17H22F2N2O2. The van der Waals surface area contributed by atoms with Gasteiger partial charge < -0.3 is 10.6 Å². The fourth-order valence-corrected chi connectivity index (χ4v) is 2.58. The summed E-state index contributed by atoms with van der Waals surface area (Å²) in [6.45, 7) is 3.03. The van der Waals surface area contributed by atoms with Crippen molar-refractivity contribution >= 4 is 17.5 Å². The Morgan fingerprint density at radius 1 is 1.04 bits per heavy atom. The van der Waals surface area contributed by atoms with Crippen molar-refractivity contribution in [3.05, 3.63) is 29.8 Å². The predicted molar refractivity (Wildman–Crippen MR) is 83.8 cm³/mol. The highest BCUT2D eigenvalue weighted by molar-refractivity contribution is 6.09. The molecule has 1 aromatic carbocycles. The van der Waals surface area contributed by atoms with E-state index in [1.54, 1.807) is 0 Å². The van der Waals surface area contributed by atoms with Crippen molar-refractivity contribution < 1.29 is 18.4 Å². The minimum atomic E-state index is -1.30. The molecule has 0 unspecified atom stereocenters. The van der Waals surface area contributed by atoms with Crippen LogP contribution in [0, 0.1) is 17.0 Å². The lowest BCUT2D eigenvalue weighted by molar-refractivity contribution is -0.139. The number of hydrogen-bond acceptors (Lipinski definition) is 2. The molecule has 4 nitrogen and oxygen atoms in total. The lowest BCUT2D eigenvalue weighted by atomic mass is 9.88. The minimum Gasteiger partial charge on any atom is -0.352 e. The highest BCUT2D eigenvalue weighted by Crippen LogP contribution is 2.23. The van der Waals surface area contributed by atoms with Gasteiger partial charge in [-0.15, -0.1) is 0 Å². The van der Waals surface area contributed by atoms with E-state index in [1.165, 1.54) is 26.3 Å². The molecule has 0 saturated heterocycles. The highest BCUT2D eigenvalue weighted by Gasteiger charge is 2.37. The molecule has 23 heavy (non-hydrogen) atoms. The molecule has 6 heteroatoms. The van der Waals surface area contributed by atoms with Gasteiger partial charge in [0.1, 0.15) is 5.41 Å². The molecule has 1 fully saturated rings. The molecule has 0 bridgehead atoms. The molecular weight excluding hydrogens is 302 g/mol. The fraction of sp³-hybridized carbons (Fsp3) is 0.529. The zero-order valence-corrected chi connectivity index (χ0v) is 13.4. The molecule has 0 aromatic heterocycles. The van der Waals surface area contributed by atoms with Crippen LogP contribution in [0.25, 0.3) is 0 Å². The second-order valence-electron chi connectivity index (χ2n) is 6.52. The maximum absolute atomic E-state index is 13.2. The molecule has 0 aliphatic heterocycles. The van der Waals surface area contributed by atoms with E-state index < -0.39 is 23.0 Å². The summed E-state index contributed by atoms with van der Waals surface area (Å²) in [6, 6.07) is 3.18. The Kier molecular flexibility index (Phi) is 5.34. The van der Waals surface area contributed by atoms with Gasteiger partial charge in [0.05, 0.1) is 0 Å². The monoisotopic (exact) mass is 324 g/mol. The average molecular weight is 324 g/mol. The third kappa shape index (κ3) is 4.27. The standard InChI is InChI=1S/C17H22F2N2O2/c1-17(2,15(22)20-11-6-4-3-5-7-11)16(23)21-12-8-9-13(18)14(19)10-12/h8-11H,3-7H2,1-2H3,(H,20,22)(H,21,23). The normalized spacial score (nSPS) is 16.0. The summed E-state index contributed by atoms with van der Waals surface area (Å²) in [5, 5.41) is 5.37. The van der Waals surface area contributed by atoms with Crippen LogP contribution in [0.15, 0.2) is 18.2 Å². The van der Waals surface area contributed by atoms with Crippen molar-refractivity contribution in [3.63, 3.8) is 0 Å². The topological polar surface area (TPSA) is 58.2 Å². The van der Waals surface area contributed by atoms with Crippen LogP contribution >= 0.6 is 0 Å². The summed E-state index contributed by atoms with van der Waals surface area (Å²) in [7, 11) is 0.